The number of methoxy groups -OCH3 is 1. The molecule has 0 unspecified atom stereocenters. The van der Waals surface area contributed by atoms with Crippen LogP contribution in [0.5, 0.6) is 11.5 Å². The molecule has 2 fully saturated rings. The van der Waals surface area contributed by atoms with Gasteiger partial charge in [0.25, 0.3) is 5.91 Å². The molecule has 1 heterocycles. The second-order valence-corrected chi connectivity index (χ2v) is 7.69. The summed E-state index contributed by atoms with van der Waals surface area (Å²) in [6, 6.07) is 5.72. The molecule has 0 spiro atoms. The second kappa shape index (κ2) is 8.06. The van der Waals surface area contributed by atoms with E-state index in [0.717, 1.165) is 24.2 Å². The van der Waals surface area contributed by atoms with Crippen molar-refractivity contribution >= 4 is 40.3 Å². The van der Waals surface area contributed by atoms with E-state index in [9.17, 15) is 4.79 Å². The number of hydrogen-bond donors (Lipinski definition) is 0. The van der Waals surface area contributed by atoms with Gasteiger partial charge < -0.3 is 9.47 Å². The van der Waals surface area contributed by atoms with Crippen LogP contribution >= 0.6 is 24.0 Å². The number of ether oxygens (including phenoxy) is 2. The number of amides is 1. The van der Waals surface area contributed by atoms with E-state index >= 15 is 0 Å². The molecular formula is C19H21NO3S2. The van der Waals surface area contributed by atoms with Gasteiger partial charge in [0, 0.05) is 6.54 Å². The topological polar surface area (TPSA) is 38.8 Å². The molecule has 1 aromatic carbocycles. The average molecular weight is 376 g/mol. The highest BCUT2D eigenvalue weighted by atomic mass is 32.2. The Morgan fingerprint density at radius 3 is 2.80 bits per heavy atom. The predicted octanol–water partition coefficient (Wildman–Crippen LogP) is 4.40. The van der Waals surface area contributed by atoms with Gasteiger partial charge >= 0.3 is 0 Å². The van der Waals surface area contributed by atoms with E-state index in [4.69, 9.17) is 21.7 Å². The zero-order valence-corrected chi connectivity index (χ0v) is 15.8. The van der Waals surface area contributed by atoms with Crippen LogP contribution in [0.2, 0.25) is 0 Å². The minimum absolute atomic E-state index is 0.0796. The first-order chi connectivity index (χ1) is 12.1. The summed E-state index contributed by atoms with van der Waals surface area (Å²) in [6.45, 7) is 4.10. The van der Waals surface area contributed by atoms with Crippen molar-refractivity contribution in [1.82, 2.24) is 4.90 Å². The maximum Gasteiger partial charge on any atom is 0.266 e. The lowest BCUT2D eigenvalue weighted by molar-refractivity contribution is -0.121. The Hall–Kier alpha value is -1.79. The normalized spacial score (nSPS) is 19.7. The summed E-state index contributed by atoms with van der Waals surface area (Å²) in [4.78, 5) is 14.6. The van der Waals surface area contributed by atoms with Gasteiger partial charge in [-0.1, -0.05) is 36.1 Å². The molecule has 0 bridgehead atoms. The van der Waals surface area contributed by atoms with Crippen LogP contribution in [0.25, 0.3) is 6.08 Å². The van der Waals surface area contributed by atoms with Crippen molar-refractivity contribution in [3.05, 3.63) is 41.3 Å². The molecule has 1 aliphatic heterocycles. The van der Waals surface area contributed by atoms with Crippen molar-refractivity contribution < 1.29 is 14.3 Å². The standard InChI is InChI=1S/C19H21NO3S2/c1-3-10-20-18(21)17(25-19(20)24)12-13-8-9-15(22-2)16(11-13)23-14-6-4-5-7-14/h3,8-9,11-12,14H,1,4-7,10H2,2H3/b17-12-. The fourth-order valence-electron chi connectivity index (χ4n) is 3.00. The van der Waals surface area contributed by atoms with E-state index in [2.05, 4.69) is 6.58 Å². The second-order valence-electron chi connectivity index (χ2n) is 6.02. The highest BCUT2D eigenvalue weighted by Crippen LogP contribution is 2.36. The molecule has 0 aromatic heterocycles. The highest BCUT2D eigenvalue weighted by molar-refractivity contribution is 8.26. The molecule has 0 radical (unpaired) electrons. The van der Waals surface area contributed by atoms with Crippen LogP contribution in [0.1, 0.15) is 31.2 Å². The van der Waals surface area contributed by atoms with Gasteiger partial charge in [-0.15, -0.1) is 6.58 Å². The molecule has 2 aliphatic rings. The molecule has 0 atom stereocenters. The Labute approximate surface area is 157 Å². The van der Waals surface area contributed by atoms with E-state index in [1.165, 1.54) is 24.6 Å². The van der Waals surface area contributed by atoms with Crippen LogP contribution < -0.4 is 9.47 Å². The van der Waals surface area contributed by atoms with Gasteiger partial charge in [-0.3, -0.25) is 9.69 Å². The summed E-state index contributed by atoms with van der Waals surface area (Å²) in [6.07, 6.45) is 8.34. The summed E-state index contributed by atoms with van der Waals surface area (Å²) < 4.78 is 12.1. The molecule has 4 nitrogen and oxygen atoms in total. The minimum atomic E-state index is -0.0796. The summed E-state index contributed by atoms with van der Waals surface area (Å²) in [5, 5.41) is 0. The molecule has 1 aromatic rings. The Balaban J connectivity index is 1.83. The Morgan fingerprint density at radius 1 is 1.36 bits per heavy atom. The summed E-state index contributed by atoms with van der Waals surface area (Å²) in [5.41, 5.74) is 0.896. The molecule has 3 rings (SSSR count). The molecular weight excluding hydrogens is 354 g/mol. The number of hydrogen-bond acceptors (Lipinski definition) is 5. The van der Waals surface area contributed by atoms with Gasteiger partial charge in [-0.2, -0.15) is 0 Å². The number of benzene rings is 1. The number of carbonyl (C=O) groups excluding carboxylic acids is 1. The zero-order valence-electron chi connectivity index (χ0n) is 14.2. The first-order valence-electron chi connectivity index (χ1n) is 8.33. The number of thioether (sulfide) groups is 1. The van der Waals surface area contributed by atoms with Crippen LogP contribution in [0, 0.1) is 0 Å². The van der Waals surface area contributed by atoms with E-state index in [0.29, 0.717) is 21.5 Å². The van der Waals surface area contributed by atoms with Crippen molar-refractivity contribution in [2.75, 3.05) is 13.7 Å². The number of rotatable bonds is 6. The van der Waals surface area contributed by atoms with E-state index in [1.54, 1.807) is 18.1 Å². The van der Waals surface area contributed by atoms with Crippen LogP contribution in [0.15, 0.2) is 35.8 Å². The van der Waals surface area contributed by atoms with Gasteiger partial charge in [0.1, 0.15) is 4.32 Å². The monoisotopic (exact) mass is 375 g/mol. The van der Waals surface area contributed by atoms with Crippen molar-refractivity contribution in [2.24, 2.45) is 0 Å². The highest BCUT2D eigenvalue weighted by Gasteiger charge is 2.31. The Morgan fingerprint density at radius 2 is 2.12 bits per heavy atom. The first-order valence-corrected chi connectivity index (χ1v) is 9.56. The SMILES string of the molecule is C=CCN1C(=O)/C(=C/c2ccc(OC)c(OC3CCCC3)c2)SC1=S. The number of carbonyl (C=O) groups is 1. The lowest BCUT2D eigenvalue weighted by Gasteiger charge is -2.16. The van der Waals surface area contributed by atoms with Crippen molar-refractivity contribution in [3.63, 3.8) is 0 Å². The third-order valence-corrected chi connectivity index (χ3v) is 5.64. The lowest BCUT2D eigenvalue weighted by Crippen LogP contribution is -2.27. The van der Waals surface area contributed by atoms with Crippen LogP contribution in [0.4, 0.5) is 0 Å². The summed E-state index contributed by atoms with van der Waals surface area (Å²) >= 11 is 6.59. The lowest BCUT2D eigenvalue weighted by atomic mass is 10.1. The minimum Gasteiger partial charge on any atom is -0.493 e. The number of thiocarbonyl (C=S) groups is 1. The van der Waals surface area contributed by atoms with Gasteiger partial charge in [0.05, 0.1) is 18.1 Å². The predicted molar refractivity (Wildman–Crippen MR) is 106 cm³/mol. The summed E-state index contributed by atoms with van der Waals surface area (Å²) in [7, 11) is 1.64. The van der Waals surface area contributed by atoms with E-state index < -0.39 is 0 Å². The van der Waals surface area contributed by atoms with Crippen LogP contribution in [-0.2, 0) is 4.79 Å². The van der Waals surface area contributed by atoms with E-state index in [-0.39, 0.29) is 12.0 Å². The van der Waals surface area contributed by atoms with Gasteiger partial charge in [0.15, 0.2) is 11.5 Å². The number of nitrogens with zero attached hydrogens (tertiary/aromatic N) is 1. The van der Waals surface area contributed by atoms with Crippen molar-refractivity contribution in [3.8, 4) is 11.5 Å². The zero-order chi connectivity index (χ0) is 17.8. The third kappa shape index (κ3) is 4.07. The largest absolute Gasteiger partial charge is 0.493 e. The van der Waals surface area contributed by atoms with E-state index in [1.807, 2.05) is 24.3 Å². The van der Waals surface area contributed by atoms with Crippen molar-refractivity contribution in [1.29, 1.82) is 0 Å². The maximum atomic E-state index is 12.4. The fraction of sp³-hybridized carbons (Fsp3) is 0.368. The van der Waals surface area contributed by atoms with Gasteiger partial charge in [-0.25, -0.2) is 0 Å². The summed E-state index contributed by atoms with van der Waals surface area (Å²) in [5.74, 6) is 1.36. The van der Waals surface area contributed by atoms with Crippen LogP contribution in [0.3, 0.4) is 0 Å². The molecule has 1 saturated heterocycles. The van der Waals surface area contributed by atoms with Gasteiger partial charge in [-0.05, 0) is 49.5 Å². The molecule has 1 saturated carbocycles. The fourth-order valence-corrected chi connectivity index (χ4v) is 4.27. The molecule has 0 N–H and O–H groups in total. The Bertz CT molecular complexity index is 723. The van der Waals surface area contributed by atoms with Crippen LogP contribution in [-0.4, -0.2) is 34.9 Å². The molecule has 132 valence electrons. The van der Waals surface area contributed by atoms with Gasteiger partial charge in [0.2, 0.25) is 0 Å². The Kier molecular flexibility index (Phi) is 5.81. The molecule has 6 heteroatoms. The molecule has 1 aliphatic carbocycles. The maximum absolute atomic E-state index is 12.4. The smallest absolute Gasteiger partial charge is 0.266 e. The molecule has 1 amide bonds. The first kappa shape index (κ1) is 18.0. The third-order valence-electron chi connectivity index (χ3n) is 4.27. The van der Waals surface area contributed by atoms with Crippen molar-refractivity contribution in [2.45, 2.75) is 31.8 Å². The molecule has 25 heavy (non-hydrogen) atoms. The average Bonchev–Trinajstić information content (AvgIpc) is 3.19. The quantitative estimate of drug-likeness (QED) is 0.418.